The van der Waals surface area contributed by atoms with Gasteiger partial charge >= 0.3 is 0 Å². The minimum absolute atomic E-state index is 0.0607. The van der Waals surface area contributed by atoms with Crippen molar-refractivity contribution < 1.29 is 4.79 Å². The molecular weight excluding hydrogens is 184 g/mol. The van der Waals surface area contributed by atoms with E-state index in [1.54, 1.807) is 0 Å². The Balaban J connectivity index is 3.08. The van der Waals surface area contributed by atoms with E-state index in [0.29, 0.717) is 5.92 Å². The predicted octanol–water partition coefficient (Wildman–Crippen LogP) is 3.68. The largest absolute Gasteiger partial charge is 0.298 e. The average molecular weight is 204 g/mol. The maximum Gasteiger partial charge on any atom is 0.145 e. The predicted molar refractivity (Wildman–Crippen MR) is 64.6 cm³/mol. The molecule has 15 heavy (non-hydrogen) atoms. The van der Waals surface area contributed by atoms with Crippen LogP contribution in [0.2, 0.25) is 0 Å². The van der Waals surface area contributed by atoms with Gasteiger partial charge in [-0.2, -0.15) is 0 Å². The van der Waals surface area contributed by atoms with Crippen LogP contribution in [0.25, 0.3) is 0 Å². The standard InChI is InChI=1S/C14H20O/c1-11(10-15)13(14(2,3)4)12-8-6-5-7-9-12/h5-8,10,12H,9H2,1-4H3. The highest BCUT2D eigenvalue weighted by Crippen LogP contribution is 2.37. The molecule has 1 atom stereocenters. The molecule has 82 valence electrons. The molecule has 1 aliphatic rings. The lowest BCUT2D eigenvalue weighted by Crippen LogP contribution is -2.19. The Morgan fingerprint density at radius 3 is 2.40 bits per heavy atom. The molecule has 0 aliphatic heterocycles. The molecule has 1 aliphatic carbocycles. The normalized spacial score (nSPS) is 22.5. The van der Waals surface area contributed by atoms with Gasteiger partial charge in [0.05, 0.1) is 0 Å². The fraction of sp³-hybridized carbons (Fsp3) is 0.500. The van der Waals surface area contributed by atoms with E-state index in [4.69, 9.17) is 0 Å². The van der Waals surface area contributed by atoms with Crippen LogP contribution < -0.4 is 0 Å². The molecule has 1 rings (SSSR count). The average Bonchev–Trinajstić information content (AvgIpc) is 2.17. The highest BCUT2D eigenvalue weighted by atomic mass is 16.1. The Morgan fingerprint density at radius 2 is 2.00 bits per heavy atom. The van der Waals surface area contributed by atoms with Crippen molar-refractivity contribution in [2.24, 2.45) is 11.3 Å². The topological polar surface area (TPSA) is 17.1 Å². The molecule has 0 fully saturated rings. The quantitative estimate of drug-likeness (QED) is 0.495. The van der Waals surface area contributed by atoms with E-state index in [-0.39, 0.29) is 5.41 Å². The number of rotatable bonds is 2. The molecule has 0 spiro atoms. The molecule has 1 nitrogen and oxygen atoms in total. The van der Waals surface area contributed by atoms with E-state index < -0.39 is 0 Å². The smallest absolute Gasteiger partial charge is 0.145 e. The van der Waals surface area contributed by atoms with Gasteiger partial charge in [-0.1, -0.05) is 50.6 Å². The van der Waals surface area contributed by atoms with Gasteiger partial charge in [0.2, 0.25) is 0 Å². The first-order valence-corrected chi connectivity index (χ1v) is 5.46. The van der Waals surface area contributed by atoms with Crippen molar-refractivity contribution in [3.8, 4) is 0 Å². The number of carbonyl (C=O) groups is 1. The van der Waals surface area contributed by atoms with Crippen LogP contribution in [0.3, 0.4) is 0 Å². The summed E-state index contributed by atoms with van der Waals surface area (Å²) in [5, 5.41) is 0. The monoisotopic (exact) mass is 204 g/mol. The van der Waals surface area contributed by atoms with Crippen molar-refractivity contribution >= 4 is 6.29 Å². The van der Waals surface area contributed by atoms with Gasteiger partial charge in [0, 0.05) is 5.92 Å². The summed E-state index contributed by atoms with van der Waals surface area (Å²) in [5.41, 5.74) is 2.20. The lowest BCUT2D eigenvalue weighted by Gasteiger charge is -2.30. The van der Waals surface area contributed by atoms with E-state index in [1.807, 2.05) is 6.92 Å². The van der Waals surface area contributed by atoms with E-state index >= 15 is 0 Å². The zero-order chi connectivity index (χ0) is 11.5. The van der Waals surface area contributed by atoms with Gasteiger partial charge in [-0.25, -0.2) is 0 Å². The number of hydrogen-bond acceptors (Lipinski definition) is 1. The Kier molecular flexibility index (Phi) is 3.67. The van der Waals surface area contributed by atoms with Crippen LogP contribution >= 0.6 is 0 Å². The summed E-state index contributed by atoms with van der Waals surface area (Å²) in [6.07, 6.45) is 10.5. The summed E-state index contributed by atoms with van der Waals surface area (Å²) in [5.74, 6) is 0.389. The Morgan fingerprint density at radius 1 is 1.33 bits per heavy atom. The van der Waals surface area contributed by atoms with Crippen molar-refractivity contribution in [2.75, 3.05) is 0 Å². The van der Waals surface area contributed by atoms with Crippen molar-refractivity contribution in [1.29, 1.82) is 0 Å². The zero-order valence-electron chi connectivity index (χ0n) is 10.1. The highest BCUT2D eigenvalue weighted by molar-refractivity contribution is 5.74. The maximum atomic E-state index is 10.9. The van der Waals surface area contributed by atoms with Crippen LogP contribution in [-0.2, 0) is 4.79 Å². The van der Waals surface area contributed by atoms with E-state index in [9.17, 15) is 4.79 Å². The number of carbonyl (C=O) groups excluding carboxylic acids is 1. The SMILES string of the molecule is CC(C=O)=C(C1C=CC=CC1)C(C)(C)C. The van der Waals surface area contributed by atoms with Crippen molar-refractivity contribution in [1.82, 2.24) is 0 Å². The number of hydrogen-bond donors (Lipinski definition) is 0. The maximum absolute atomic E-state index is 10.9. The second-order valence-electron chi connectivity index (χ2n) is 5.12. The van der Waals surface area contributed by atoms with Crippen molar-refractivity contribution in [2.45, 2.75) is 34.1 Å². The second-order valence-corrected chi connectivity index (χ2v) is 5.12. The fourth-order valence-corrected chi connectivity index (χ4v) is 2.30. The first-order chi connectivity index (χ1) is 6.96. The summed E-state index contributed by atoms with van der Waals surface area (Å²) >= 11 is 0. The van der Waals surface area contributed by atoms with Crippen LogP contribution in [0.1, 0.15) is 34.1 Å². The molecule has 0 saturated carbocycles. The summed E-state index contributed by atoms with van der Waals surface area (Å²) < 4.78 is 0. The zero-order valence-corrected chi connectivity index (χ0v) is 10.1. The minimum atomic E-state index is 0.0607. The molecular formula is C14H20O. The second kappa shape index (κ2) is 4.61. The highest BCUT2D eigenvalue weighted by Gasteiger charge is 2.25. The van der Waals surface area contributed by atoms with E-state index in [2.05, 4.69) is 45.1 Å². The summed E-state index contributed by atoms with van der Waals surface area (Å²) in [6.45, 7) is 8.42. The van der Waals surface area contributed by atoms with Gasteiger partial charge in [0.1, 0.15) is 6.29 Å². The number of aldehydes is 1. The van der Waals surface area contributed by atoms with Gasteiger partial charge < -0.3 is 0 Å². The third-order valence-corrected chi connectivity index (χ3v) is 2.76. The van der Waals surface area contributed by atoms with Crippen LogP contribution in [0.4, 0.5) is 0 Å². The van der Waals surface area contributed by atoms with Gasteiger partial charge in [-0.3, -0.25) is 4.79 Å². The minimum Gasteiger partial charge on any atom is -0.298 e. The Labute approximate surface area is 92.6 Å². The molecule has 0 aromatic heterocycles. The Hall–Kier alpha value is -1.11. The fourth-order valence-electron chi connectivity index (χ4n) is 2.30. The van der Waals surface area contributed by atoms with Crippen LogP contribution in [0, 0.1) is 11.3 Å². The van der Waals surface area contributed by atoms with Gasteiger partial charge in [0.25, 0.3) is 0 Å². The van der Waals surface area contributed by atoms with Crippen LogP contribution in [0.15, 0.2) is 35.5 Å². The lowest BCUT2D eigenvalue weighted by atomic mass is 9.74. The molecule has 0 N–H and O–H groups in total. The Bertz CT molecular complexity index is 324. The number of allylic oxidation sites excluding steroid dienone is 6. The molecule has 0 radical (unpaired) electrons. The molecule has 0 saturated heterocycles. The van der Waals surface area contributed by atoms with E-state index in [0.717, 1.165) is 18.3 Å². The summed E-state index contributed by atoms with van der Waals surface area (Å²) in [4.78, 5) is 10.9. The molecule has 0 bridgehead atoms. The van der Waals surface area contributed by atoms with Crippen molar-refractivity contribution in [3.63, 3.8) is 0 Å². The van der Waals surface area contributed by atoms with E-state index in [1.165, 1.54) is 5.57 Å². The van der Waals surface area contributed by atoms with Gasteiger partial charge in [-0.05, 0) is 24.3 Å². The molecule has 0 aromatic rings. The molecule has 0 heterocycles. The van der Waals surface area contributed by atoms with Gasteiger partial charge in [-0.15, -0.1) is 0 Å². The summed E-state index contributed by atoms with van der Waals surface area (Å²) in [6, 6.07) is 0. The molecule has 0 aromatic carbocycles. The van der Waals surface area contributed by atoms with Crippen molar-refractivity contribution in [3.05, 3.63) is 35.5 Å². The molecule has 0 amide bonds. The molecule has 1 heteroatoms. The van der Waals surface area contributed by atoms with Gasteiger partial charge in [0.15, 0.2) is 0 Å². The third kappa shape index (κ3) is 2.92. The van der Waals surface area contributed by atoms with Crippen LogP contribution in [-0.4, -0.2) is 6.29 Å². The third-order valence-electron chi connectivity index (χ3n) is 2.76. The lowest BCUT2D eigenvalue weighted by molar-refractivity contribution is -0.105. The first-order valence-electron chi connectivity index (χ1n) is 5.46. The first kappa shape index (κ1) is 12.0. The van der Waals surface area contributed by atoms with Crippen LogP contribution in [0.5, 0.6) is 0 Å². The summed E-state index contributed by atoms with van der Waals surface area (Å²) in [7, 11) is 0. The molecule has 1 unspecified atom stereocenters.